The Kier molecular flexibility index (Phi) is 3.58. The van der Waals surface area contributed by atoms with E-state index in [1.165, 1.54) is 38.4 Å². The second kappa shape index (κ2) is 6.08. The number of hydrogen-bond acceptors (Lipinski definition) is 2. The van der Waals surface area contributed by atoms with Gasteiger partial charge in [-0.3, -0.25) is 4.98 Å². The number of thiophene rings is 1. The quantitative estimate of drug-likeness (QED) is 0.331. The van der Waals surface area contributed by atoms with Crippen molar-refractivity contribution in [3.8, 4) is 22.3 Å². The predicted molar refractivity (Wildman–Crippen MR) is 113 cm³/mol. The van der Waals surface area contributed by atoms with Gasteiger partial charge in [-0.25, -0.2) is 0 Å². The number of pyridine rings is 1. The van der Waals surface area contributed by atoms with Crippen LogP contribution in [0.25, 0.3) is 43.9 Å². The molecule has 0 fully saturated rings. The summed E-state index contributed by atoms with van der Waals surface area (Å²) in [4.78, 5) is 4.88. The Bertz CT molecular complexity index is 1230. The Morgan fingerprint density at radius 2 is 1.62 bits per heavy atom. The van der Waals surface area contributed by atoms with E-state index in [2.05, 4.69) is 90.5 Å². The van der Waals surface area contributed by atoms with Crippen LogP contribution in [0.2, 0.25) is 0 Å². The van der Waals surface area contributed by atoms with Gasteiger partial charge in [0, 0.05) is 16.6 Å². The highest BCUT2D eigenvalue weighted by atomic mass is 32.1. The molecule has 0 spiro atoms. The normalized spacial score (nSPS) is 11.3. The van der Waals surface area contributed by atoms with Crippen molar-refractivity contribution in [1.29, 1.82) is 0 Å². The average molecular weight is 351 g/mol. The standard InChI is InChI=1S/C24H17NS/c1-16-9-10-18-13-20(19-11-12-26-15-19)14-23(24(18)25-16)22-8-4-6-17-5-2-3-7-21(17)22/h2-15H,1H3. The number of aryl methyl sites for hydroxylation is 1. The lowest BCUT2D eigenvalue weighted by Crippen LogP contribution is -1.90. The van der Waals surface area contributed by atoms with Crippen LogP contribution in [-0.2, 0) is 0 Å². The first-order valence-electron chi connectivity index (χ1n) is 8.72. The molecule has 0 saturated heterocycles. The Morgan fingerprint density at radius 1 is 0.731 bits per heavy atom. The lowest BCUT2D eigenvalue weighted by molar-refractivity contribution is 1.26. The molecule has 0 aliphatic rings. The highest BCUT2D eigenvalue weighted by Gasteiger charge is 2.12. The van der Waals surface area contributed by atoms with Crippen LogP contribution in [0.3, 0.4) is 0 Å². The first-order valence-corrected chi connectivity index (χ1v) is 9.66. The molecule has 0 unspecified atom stereocenters. The number of hydrogen-bond donors (Lipinski definition) is 0. The topological polar surface area (TPSA) is 12.9 Å². The van der Waals surface area contributed by atoms with Crippen molar-refractivity contribution >= 4 is 33.0 Å². The highest BCUT2D eigenvalue weighted by molar-refractivity contribution is 7.08. The fourth-order valence-corrected chi connectivity index (χ4v) is 4.26. The van der Waals surface area contributed by atoms with Crippen molar-refractivity contribution < 1.29 is 0 Å². The molecule has 2 heterocycles. The molecule has 5 aromatic rings. The number of fused-ring (bicyclic) bond motifs is 2. The smallest absolute Gasteiger partial charge is 0.0784 e. The van der Waals surface area contributed by atoms with E-state index in [0.29, 0.717) is 0 Å². The fourth-order valence-electron chi connectivity index (χ4n) is 3.59. The zero-order valence-electron chi connectivity index (χ0n) is 14.4. The van der Waals surface area contributed by atoms with Crippen molar-refractivity contribution in [2.75, 3.05) is 0 Å². The number of benzene rings is 3. The van der Waals surface area contributed by atoms with Crippen LogP contribution in [0.1, 0.15) is 5.69 Å². The summed E-state index contributed by atoms with van der Waals surface area (Å²) in [7, 11) is 0. The van der Waals surface area contributed by atoms with Crippen LogP contribution >= 0.6 is 11.3 Å². The average Bonchev–Trinajstić information content (AvgIpc) is 3.22. The summed E-state index contributed by atoms with van der Waals surface area (Å²) in [5.74, 6) is 0. The van der Waals surface area contributed by atoms with E-state index in [0.717, 1.165) is 11.2 Å². The van der Waals surface area contributed by atoms with E-state index in [1.807, 2.05) is 0 Å². The SMILES string of the molecule is Cc1ccc2cc(-c3ccsc3)cc(-c3cccc4ccccc34)c2n1. The summed E-state index contributed by atoms with van der Waals surface area (Å²) < 4.78 is 0. The summed E-state index contributed by atoms with van der Waals surface area (Å²) >= 11 is 1.73. The van der Waals surface area contributed by atoms with E-state index < -0.39 is 0 Å². The third-order valence-corrected chi connectivity index (χ3v) is 5.55. The third kappa shape index (κ3) is 2.51. The lowest BCUT2D eigenvalue weighted by Gasteiger charge is -2.12. The summed E-state index contributed by atoms with van der Waals surface area (Å²) in [5, 5.41) is 8.04. The molecule has 124 valence electrons. The molecule has 0 aliphatic heterocycles. The first-order chi connectivity index (χ1) is 12.8. The largest absolute Gasteiger partial charge is 0.252 e. The van der Waals surface area contributed by atoms with Crippen LogP contribution in [-0.4, -0.2) is 4.98 Å². The molecule has 0 bridgehead atoms. The van der Waals surface area contributed by atoms with Crippen LogP contribution in [0.5, 0.6) is 0 Å². The van der Waals surface area contributed by atoms with Gasteiger partial charge in [0.15, 0.2) is 0 Å². The second-order valence-electron chi connectivity index (χ2n) is 6.59. The van der Waals surface area contributed by atoms with Crippen molar-refractivity contribution in [2.45, 2.75) is 6.92 Å². The first kappa shape index (κ1) is 15.3. The zero-order valence-corrected chi connectivity index (χ0v) is 15.3. The van der Waals surface area contributed by atoms with Gasteiger partial charge >= 0.3 is 0 Å². The predicted octanol–water partition coefficient (Wildman–Crippen LogP) is 7.09. The molecule has 0 atom stereocenters. The van der Waals surface area contributed by atoms with Crippen LogP contribution < -0.4 is 0 Å². The van der Waals surface area contributed by atoms with Gasteiger partial charge in [0.1, 0.15) is 0 Å². The van der Waals surface area contributed by atoms with Gasteiger partial charge in [-0.1, -0.05) is 48.5 Å². The van der Waals surface area contributed by atoms with Gasteiger partial charge in [0.25, 0.3) is 0 Å². The molecule has 1 nitrogen and oxygen atoms in total. The second-order valence-corrected chi connectivity index (χ2v) is 7.37. The maximum absolute atomic E-state index is 4.88. The summed E-state index contributed by atoms with van der Waals surface area (Å²) in [6.45, 7) is 2.05. The number of aromatic nitrogens is 1. The van der Waals surface area contributed by atoms with Crippen LogP contribution in [0.4, 0.5) is 0 Å². The molecule has 0 radical (unpaired) electrons. The molecule has 0 amide bonds. The van der Waals surface area contributed by atoms with Gasteiger partial charge in [0.05, 0.1) is 5.52 Å². The van der Waals surface area contributed by atoms with E-state index in [-0.39, 0.29) is 0 Å². The van der Waals surface area contributed by atoms with Crippen LogP contribution in [0.15, 0.2) is 83.6 Å². The van der Waals surface area contributed by atoms with Gasteiger partial charge in [-0.15, -0.1) is 0 Å². The van der Waals surface area contributed by atoms with E-state index in [4.69, 9.17) is 4.98 Å². The van der Waals surface area contributed by atoms with Crippen molar-refractivity contribution in [3.05, 3.63) is 89.3 Å². The molecular formula is C24H17NS. The maximum Gasteiger partial charge on any atom is 0.0784 e. The van der Waals surface area contributed by atoms with E-state index in [1.54, 1.807) is 11.3 Å². The van der Waals surface area contributed by atoms with Gasteiger partial charge in [0.2, 0.25) is 0 Å². The molecule has 5 rings (SSSR count). The Hall–Kier alpha value is -2.97. The maximum atomic E-state index is 4.88. The highest BCUT2D eigenvalue weighted by Crippen LogP contribution is 2.37. The molecule has 26 heavy (non-hydrogen) atoms. The molecule has 0 N–H and O–H groups in total. The summed E-state index contributed by atoms with van der Waals surface area (Å²) in [6, 6.07) is 26.1. The van der Waals surface area contributed by atoms with Crippen molar-refractivity contribution in [3.63, 3.8) is 0 Å². The number of nitrogens with zero attached hydrogens (tertiary/aromatic N) is 1. The molecule has 3 aromatic carbocycles. The van der Waals surface area contributed by atoms with Crippen LogP contribution in [0, 0.1) is 6.92 Å². The van der Waals surface area contributed by atoms with Gasteiger partial charge in [-0.2, -0.15) is 11.3 Å². The molecule has 2 aromatic heterocycles. The zero-order chi connectivity index (χ0) is 17.5. The minimum absolute atomic E-state index is 1.04. The van der Waals surface area contributed by atoms with Gasteiger partial charge < -0.3 is 0 Å². The Balaban J connectivity index is 1.89. The summed E-state index contributed by atoms with van der Waals surface area (Å²) in [5.41, 5.74) is 7.06. The van der Waals surface area contributed by atoms with E-state index >= 15 is 0 Å². The third-order valence-electron chi connectivity index (χ3n) is 4.87. The Labute approximate surface area is 156 Å². The molecule has 0 aliphatic carbocycles. The summed E-state index contributed by atoms with van der Waals surface area (Å²) in [6.07, 6.45) is 0. The van der Waals surface area contributed by atoms with E-state index in [9.17, 15) is 0 Å². The lowest BCUT2D eigenvalue weighted by atomic mass is 9.93. The molecule has 2 heteroatoms. The molecule has 0 saturated carbocycles. The number of rotatable bonds is 2. The van der Waals surface area contributed by atoms with Gasteiger partial charge in [-0.05, 0) is 69.4 Å². The Morgan fingerprint density at radius 3 is 2.50 bits per heavy atom. The minimum atomic E-state index is 1.04. The minimum Gasteiger partial charge on any atom is -0.252 e. The van der Waals surface area contributed by atoms with Crippen molar-refractivity contribution in [2.24, 2.45) is 0 Å². The fraction of sp³-hybridized carbons (Fsp3) is 0.0417. The molecular weight excluding hydrogens is 334 g/mol. The monoisotopic (exact) mass is 351 g/mol. The van der Waals surface area contributed by atoms with Crippen molar-refractivity contribution in [1.82, 2.24) is 4.98 Å².